The molecule has 0 atom stereocenters. The van der Waals surface area contributed by atoms with Crippen molar-refractivity contribution in [2.75, 3.05) is 39.8 Å². The summed E-state index contributed by atoms with van der Waals surface area (Å²) in [6, 6.07) is 1.23. The topological polar surface area (TPSA) is 44.8 Å². The zero-order chi connectivity index (χ0) is 13.7. The first-order valence-electron chi connectivity index (χ1n) is 7.55. The molecule has 2 heterocycles. The van der Waals surface area contributed by atoms with Crippen molar-refractivity contribution in [1.82, 2.24) is 15.1 Å². The van der Waals surface area contributed by atoms with Gasteiger partial charge in [0.05, 0.1) is 6.61 Å². The fraction of sp³-hybridized carbons (Fsp3) is 0.929. The van der Waals surface area contributed by atoms with E-state index < -0.39 is 0 Å². The van der Waals surface area contributed by atoms with Crippen LogP contribution in [0.1, 0.15) is 32.6 Å². The lowest BCUT2D eigenvalue weighted by Gasteiger charge is -2.36. The van der Waals surface area contributed by atoms with E-state index in [-0.39, 0.29) is 6.09 Å². The van der Waals surface area contributed by atoms with Gasteiger partial charge in [0.2, 0.25) is 0 Å². The third kappa shape index (κ3) is 4.35. The summed E-state index contributed by atoms with van der Waals surface area (Å²) in [6.45, 7) is 6.35. The van der Waals surface area contributed by atoms with E-state index in [0.29, 0.717) is 18.7 Å². The highest BCUT2D eigenvalue weighted by molar-refractivity contribution is 5.67. The Balaban J connectivity index is 1.67. The number of carbonyl (C=O) groups excluding carboxylic acids is 1. The Hall–Kier alpha value is -0.810. The zero-order valence-corrected chi connectivity index (χ0v) is 12.2. The Kier molecular flexibility index (Phi) is 5.45. The van der Waals surface area contributed by atoms with Gasteiger partial charge in [0, 0.05) is 25.2 Å². The predicted octanol–water partition coefficient (Wildman–Crippen LogP) is 1.29. The van der Waals surface area contributed by atoms with Crippen molar-refractivity contribution >= 4 is 6.09 Å². The van der Waals surface area contributed by atoms with Crippen LogP contribution in [0.15, 0.2) is 0 Å². The summed E-state index contributed by atoms with van der Waals surface area (Å²) in [5.41, 5.74) is 0. The minimum absolute atomic E-state index is 0.153. The molecule has 110 valence electrons. The summed E-state index contributed by atoms with van der Waals surface area (Å²) >= 11 is 0. The van der Waals surface area contributed by atoms with E-state index in [2.05, 4.69) is 17.3 Å². The number of amides is 1. The number of likely N-dealkylation sites (tertiary alicyclic amines) is 2. The number of rotatable bonds is 3. The van der Waals surface area contributed by atoms with Gasteiger partial charge in [-0.2, -0.15) is 0 Å². The summed E-state index contributed by atoms with van der Waals surface area (Å²) in [5, 5.41) is 3.76. The number of piperidine rings is 2. The minimum Gasteiger partial charge on any atom is -0.450 e. The van der Waals surface area contributed by atoms with Crippen LogP contribution in [0.4, 0.5) is 4.79 Å². The first-order chi connectivity index (χ1) is 9.19. The van der Waals surface area contributed by atoms with Crippen LogP contribution < -0.4 is 5.32 Å². The molecule has 0 aliphatic carbocycles. The Morgan fingerprint density at radius 1 is 1.11 bits per heavy atom. The standard InChI is InChI=1S/C14H27N3O2/c1-3-19-14(18)17-10-6-13(7-11-17)15-12-4-8-16(2)9-5-12/h12-13,15H,3-11H2,1-2H3. The van der Waals surface area contributed by atoms with Gasteiger partial charge in [-0.05, 0) is 52.7 Å². The van der Waals surface area contributed by atoms with Gasteiger partial charge in [-0.3, -0.25) is 0 Å². The van der Waals surface area contributed by atoms with Crippen molar-refractivity contribution in [2.45, 2.75) is 44.7 Å². The quantitative estimate of drug-likeness (QED) is 0.838. The molecule has 2 fully saturated rings. The van der Waals surface area contributed by atoms with E-state index in [9.17, 15) is 4.79 Å². The van der Waals surface area contributed by atoms with Gasteiger partial charge < -0.3 is 19.9 Å². The summed E-state index contributed by atoms with van der Waals surface area (Å²) in [7, 11) is 2.19. The van der Waals surface area contributed by atoms with E-state index in [1.54, 1.807) is 0 Å². The molecule has 0 aromatic heterocycles. The van der Waals surface area contributed by atoms with Gasteiger partial charge in [-0.15, -0.1) is 0 Å². The molecule has 2 rings (SSSR count). The van der Waals surface area contributed by atoms with Gasteiger partial charge in [0.1, 0.15) is 0 Å². The predicted molar refractivity (Wildman–Crippen MR) is 75.3 cm³/mol. The van der Waals surface area contributed by atoms with Crippen molar-refractivity contribution in [3.63, 3.8) is 0 Å². The second kappa shape index (κ2) is 7.10. The molecule has 2 aliphatic heterocycles. The maximum absolute atomic E-state index is 11.6. The van der Waals surface area contributed by atoms with Gasteiger partial charge in [0.25, 0.3) is 0 Å². The molecular formula is C14H27N3O2. The highest BCUT2D eigenvalue weighted by Gasteiger charge is 2.26. The summed E-state index contributed by atoms with van der Waals surface area (Å²) in [4.78, 5) is 15.8. The van der Waals surface area contributed by atoms with E-state index in [4.69, 9.17) is 4.74 Å². The molecule has 0 radical (unpaired) electrons. The lowest BCUT2D eigenvalue weighted by atomic mass is 10.00. The van der Waals surface area contributed by atoms with Gasteiger partial charge in [0.15, 0.2) is 0 Å². The fourth-order valence-corrected chi connectivity index (χ4v) is 2.95. The summed E-state index contributed by atoms with van der Waals surface area (Å²) < 4.78 is 5.04. The van der Waals surface area contributed by atoms with Gasteiger partial charge in [-0.1, -0.05) is 0 Å². The van der Waals surface area contributed by atoms with Crippen molar-refractivity contribution in [3.05, 3.63) is 0 Å². The Morgan fingerprint density at radius 2 is 1.63 bits per heavy atom. The van der Waals surface area contributed by atoms with Crippen LogP contribution in [0.25, 0.3) is 0 Å². The maximum Gasteiger partial charge on any atom is 0.409 e. The van der Waals surface area contributed by atoms with Crippen molar-refractivity contribution in [2.24, 2.45) is 0 Å². The molecule has 5 heteroatoms. The van der Waals surface area contributed by atoms with E-state index >= 15 is 0 Å². The highest BCUT2D eigenvalue weighted by atomic mass is 16.6. The van der Waals surface area contributed by atoms with Crippen LogP contribution >= 0.6 is 0 Å². The molecule has 1 N–H and O–H groups in total. The normalized spacial score (nSPS) is 23.6. The molecule has 0 aromatic rings. The average Bonchev–Trinajstić information content (AvgIpc) is 2.42. The zero-order valence-electron chi connectivity index (χ0n) is 12.2. The molecule has 0 bridgehead atoms. The fourth-order valence-electron chi connectivity index (χ4n) is 2.95. The second-order valence-corrected chi connectivity index (χ2v) is 5.70. The first kappa shape index (κ1) is 14.6. The van der Waals surface area contributed by atoms with Crippen LogP contribution in [0.5, 0.6) is 0 Å². The average molecular weight is 269 g/mol. The van der Waals surface area contributed by atoms with Crippen LogP contribution in [0.2, 0.25) is 0 Å². The van der Waals surface area contributed by atoms with Crippen LogP contribution in [-0.4, -0.2) is 67.8 Å². The van der Waals surface area contributed by atoms with Crippen LogP contribution in [0, 0.1) is 0 Å². The number of hydrogen-bond donors (Lipinski definition) is 1. The van der Waals surface area contributed by atoms with Crippen molar-refractivity contribution in [3.8, 4) is 0 Å². The molecular weight excluding hydrogens is 242 g/mol. The minimum atomic E-state index is -0.153. The Morgan fingerprint density at radius 3 is 2.16 bits per heavy atom. The third-order valence-corrected chi connectivity index (χ3v) is 4.21. The molecule has 1 amide bonds. The third-order valence-electron chi connectivity index (χ3n) is 4.21. The first-order valence-corrected chi connectivity index (χ1v) is 7.55. The van der Waals surface area contributed by atoms with Crippen LogP contribution in [0.3, 0.4) is 0 Å². The van der Waals surface area contributed by atoms with Crippen molar-refractivity contribution < 1.29 is 9.53 Å². The smallest absolute Gasteiger partial charge is 0.409 e. The molecule has 0 aromatic carbocycles. The lowest BCUT2D eigenvalue weighted by Crippen LogP contribution is -2.50. The number of nitrogens with one attached hydrogen (secondary N) is 1. The van der Waals surface area contributed by atoms with Crippen molar-refractivity contribution in [1.29, 1.82) is 0 Å². The summed E-state index contributed by atoms with van der Waals surface area (Å²) in [6.07, 6.45) is 4.43. The van der Waals surface area contributed by atoms with E-state index in [1.165, 1.54) is 25.9 Å². The molecule has 0 unspecified atom stereocenters. The van der Waals surface area contributed by atoms with Gasteiger partial charge in [-0.25, -0.2) is 4.79 Å². The number of hydrogen-bond acceptors (Lipinski definition) is 4. The molecule has 5 nitrogen and oxygen atoms in total. The Bertz CT molecular complexity index is 282. The SMILES string of the molecule is CCOC(=O)N1CCC(NC2CCN(C)CC2)CC1. The van der Waals surface area contributed by atoms with Gasteiger partial charge >= 0.3 is 6.09 Å². The maximum atomic E-state index is 11.6. The van der Waals surface area contributed by atoms with Crippen LogP contribution in [-0.2, 0) is 4.74 Å². The largest absolute Gasteiger partial charge is 0.450 e. The molecule has 0 spiro atoms. The highest BCUT2D eigenvalue weighted by Crippen LogP contribution is 2.15. The molecule has 19 heavy (non-hydrogen) atoms. The number of ether oxygens (including phenoxy) is 1. The molecule has 0 saturated carbocycles. The number of nitrogens with zero attached hydrogens (tertiary/aromatic N) is 2. The van der Waals surface area contributed by atoms with E-state index in [1.807, 2.05) is 11.8 Å². The second-order valence-electron chi connectivity index (χ2n) is 5.70. The molecule has 2 aliphatic rings. The Labute approximate surface area is 116 Å². The monoisotopic (exact) mass is 269 g/mol. The van der Waals surface area contributed by atoms with E-state index in [0.717, 1.165) is 25.9 Å². The summed E-state index contributed by atoms with van der Waals surface area (Å²) in [5.74, 6) is 0. The molecule has 2 saturated heterocycles. The lowest BCUT2D eigenvalue weighted by molar-refractivity contribution is 0.0929. The number of carbonyl (C=O) groups is 1.